The Bertz CT molecular complexity index is 696. The molecule has 9 heteroatoms. The van der Waals surface area contributed by atoms with Gasteiger partial charge in [-0.15, -0.1) is 18.2 Å². The number of aliphatic hydroxyl groups is 4. The maximum atomic E-state index is 12.3. The first-order valence-corrected chi connectivity index (χ1v) is 11.0. The molecule has 0 saturated heterocycles. The third-order valence-corrected chi connectivity index (χ3v) is 5.36. The molecular weight excluding hydrogens is 424 g/mol. The smallest absolute Gasteiger partial charge is 0.163 e. The first-order chi connectivity index (χ1) is 14.9. The Labute approximate surface area is 186 Å². The second-order valence-electron chi connectivity index (χ2n) is 6.84. The SMILES string of the molecule is C#CCOc1ccc(C(=O)CCC(=O)CC(CO)C(O)CSCOC(CO)CO)cc1. The van der Waals surface area contributed by atoms with Crippen molar-refractivity contribution in [2.75, 3.05) is 38.1 Å². The number of hydrogen-bond donors (Lipinski definition) is 4. The number of benzene rings is 1. The third-order valence-electron chi connectivity index (χ3n) is 4.48. The lowest BCUT2D eigenvalue weighted by Crippen LogP contribution is -2.29. The number of ether oxygens (including phenoxy) is 2. The highest BCUT2D eigenvalue weighted by atomic mass is 32.2. The molecule has 0 fully saturated rings. The largest absolute Gasteiger partial charge is 0.481 e. The highest BCUT2D eigenvalue weighted by Crippen LogP contribution is 2.18. The quantitative estimate of drug-likeness (QED) is 0.116. The normalized spacial score (nSPS) is 12.9. The number of ketones is 2. The van der Waals surface area contributed by atoms with E-state index in [4.69, 9.17) is 26.1 Å². The summed E-state index contributed by atoms with van der Waals surface area (Å²) in [5.74, 6) is 2.22. The molecule has 0 bridgehead atoms. The van der Waals surface area contributed by atoms with E-state index in [1.54, 1.807) is 24.3 Å². The van der Waals surface area contributed by atoms with Crippen molar-refractivity contribution >= 4 is 23.3 Å². The third kappa shape index (κ3) is 10.8. The molecule has 0 heterocycles. The van der Waals surface area contributed by atoms with Crippen molar-refractivity contribution in [1.29, 1.82) is 0 Å². The zero-order chi connectivity index (χ0) is 23.1. The molecule has 172 valence electrons. The lowest BCUT2D eigenvalue weighted by atomic mass is 9.95. The summed E-state index contributed by atoms with van der Waals surface area (Å²) in [5, 5.41) is 37.5. The minimum absolute atomic E-state index is 0.0162. The average molecular weight is 455 g/mol. The molecule has 1 aromatic rings. The van der Waals surface area contributed by atoms with Crippen molar-refractivity contribution in [2.24, 2.45) is 5.92 Å². The van der Waals surface area contributed by atoms with Gasteiger partial charge in [0.1, 0.15) is 24.2 Å². The Morgan fingerprint density at radius 2 is 1.74 bits per heavy atom. The van der Waals surface area contributed by atoms with Gasteiger partial charge in [-0.3, -0.25) is 9.59 Å². The second-order valence-corrected chi connectivity index (χ2v) is 7.81. The van der Waals surface area contributed by atoms with Crippen LogP contribution < -0.4 is 4.74 Å². The van der Waals surface area contributed by atoms with E-state index < -0.39 is 18.1 Å². The molecule has 2 atom stereocenters. The van der Waals surface area contributed by atoms with E-state index in [2.05, 4.69) is 5.92 Å². The summed E-state index contributed by atoms with van der Waals surface area (Å²) < 4.78 is 10.4. The standard InChI is InChI=1S/C22H30O8S/c1-2-9-29-19-6-3-16(4-7-19)21(27)8-5-18(26)10-17(11-23)22(28)14-31-15-30-20(12-24)13-25/h1,3-4,6-7,17,20,22-25,28H,5,8-15H2. The summed E-state index contributed by atoms with van der Waals surface area (Å²) in [5.41, 5.74) is 0.458. The monoisotopic (exact) mass is 454 g/mol. The van der Waals surface area contributed by atoms with Crippen molar-refractivity contribution in [3.63, 3.8) is 0 Å². The summed E-state index contributed by atoms with van der Waals surface area (Å²) in [6.45, 7) is -0.847. The van der Waals surface area contributed by atoms with Gasteiger partial charge in [0, 0.05) is 43.1 Å². The van der Waals surface area contributed by atoms with Crippen LogP contribution in [0.15, 0.2) is 24.3 Å². The number of Topliss-reactive ketones (excluding diaryl/α,β-unsaturated/α-hetero) is 2. The van der Waals surface area contributed by atoms with Crippen LogP contribution in [0.5, 0.6) is 5.75 Å². The summed E-state index contributed by atoms with van der Waals surface area (Å²) in [7, 11) is 0. The zero-order valence-corrected chi connectivity index (χ0v) is 18.1. The minimum atomic E-state index is -0.935. The van der Waals surface area contributed by atoms with Crippen LogP contribution in [-0.4, -0.2) is 82.3 Å². The Morgan fingerprint density at radius 1 is 1.06 bits per heavy atom. The fraction of sp³-hybridized carbons (Fsp3) is 0.545. The molecule has 0 spiro atoms. The molecule has 0 aliphatic rings. The summed E-state index contributed by atoms with van der Waals surface area (Å²) >= 11 is 1.22. The van der Waals surface area contributed by atoms with E-state index in [9.17, 15) is 19.8 Å². The molecule has 4 N–H and O–H groups in total. The van der Waals surface area contributed by atoms with Gasteiger partial charge in [-0.2, -0.15) is 0 Å². The molecule has 0 amide bonds. The maximum absolute atomic E-state index is 12.3. The molecule has 0 aliphatic carbocycles. The van der Waals surface area contributed by atoms with Crippen molar-refractivity contribution in [3.8, 4) is 18.1 Å². The molecule has 1 rings (SSSR count). The number of aliphatic hydroxyl groups excluding tert-OH is 4. The lowest BCUT2D eigenvalue weighted by Gasteiger charge is -2.20. The van der Waals surface area contributed by atoms with Gasteiger partial charge < -0.3 is 29.9 Å². The molecule has 0 aromatic heterocycles. The van der Waals surface area contributed by atoms with Crippen molar-refractivity contribution in [1.82, 2.24) is 0 Å². The molecule has 0 radical (unpaired) electrons. The Kier molecular flexibility index (Phi) is 13.8. The van der Waals surface area contributed by atoms with Crippen molar-refractivity contribution in [2.45, 2.75) is 31.5 Å². The molecule has 2 unspecified atom stereocenters. The first kappa shape index (κ1) is 27.1. The van der Waals surface area contributed by atoms with Gasteiger partial charge in [-0.1, -0.05) is 5.92 Å². The van der Waals surface area contributed by atoms with E-state index >= 15 is 0 Å². The Hall–Kier alpha value is -1.93. The van der Waals surface area contributed by atoms with Gasteiger partial charge in [-0.05, 0) is 24.3 Å². The van der Waals surface area contributed by atoms with Crippen LogP contribution >= 0.6 is 11.8 Å². The first-order valence-electron chi connectivity index (χ1n) is 9.86. The van der Waals surface area contributed by atoms with Crippen molar-refractivity contribution in [3.05, 3.63) is 29.8 Å². The number of carbonyl (C=O) groups is 2. The molecule has 0 saturated carbocycles. The van der Waals surface area contributed by atoms with Gasteiger partial charge in [-0.25, -0.2) is 0 Å². The number of hydrogen-bond acceptors (Lipinski definition) is 9. The topological polar surface area (TPSA) is 134 Å². The highest BCUT2D eigenvalue weighted by molar-refractivity contribution is 7.99. The fourth-order valence-electron chi connectivity index (χ4n) is 2.59. The second kappa shape index (κ2) is 15.8. The number of rotatable bonds is 17. The Balaban J connectivity index is 2.38. The van der Waals surface area contributed by atoms with Gasteiger partial charge in [0.2, 0.25) is 0 Å². The molecule has 0 aliphatic heterocycles. The minimum Gasteiger partial charge on any atom is -0.481 e. The molecular formula is C22H30O8S. The lowest BCUT2D eigenvalue weighted by molar-refractivity contribution is -0.121. The van der Waals surface area contributed by atoms with Gasteiger partial charge in [0.05, 0.1) is 25.3 Å². The van der Waals surface area contributed by atoms with E-state index in [0.717, 1.165) is 0 Å². The van der Waals surface area contributed by atoms with Crippen LogP contribution in [0.4, 0.5) is 0 Å². The summed E-state index contributed by atoms with van der Waals surface area (Å²) in [4.78, 5) is 24.5. The average Bonchev–Trinajstić information content (AvgIpc) is 2.79. The predicted molar refractivity (Wildman–Crippen MR) is 117 cm³/mol. The van der Waals surface area contributed by atoms with Crippen LogP contribution in [0.2, 0.25) is 0 Å². The maximum Gasteiger partial charge on any atom is 0.163 e. The van der Waals surface area contributed by atoms with Gasteiger partial charge >= 0.3 is 0 Å². The zero-order valence-electron chi connectivity index (χ0n) is 17.3. The van der Waals surface area contributed by atoms with E-state index in [0.29, 0.717) is 11.3 Å². The highest BCUT2D eigenvalue weighted by Gasteiger charge is 2.22. The van der Waals surface area contributed by atoms with Crippen LogP contribution in [0.25, 0.3) is 0 Å². The molecule has 1 aromatic carbocycles. The van der Waals surface area contributed by atoms with Gasteiger partial charge in [0.15, 0.2) is 5.78 Å². The van der Waals surface area contributed by atoms with Crippen LogP contribution in [-0.2, 0) is 9.53 Å². The number of thioether (sulfide) groups is 1. The molecule has 8 nitrogen and oxygen atoms in total. The number of terminal acetylenes is 1. The number of carbonyl (C=O) groups excluding carboxylic acids is 2. The van der Waals surface area contributed by atoms with Crippen LogP contribution in [0.1, 0.15) is 29.6 Å². The fourth-order valence-corrected chi connectivity index (χ4v) is 3.49. The van der Waals surface area contributed by atoms with E-state index in [1.807, 2.05) is 0 Å². The van der Waals surface area contributed by atoms with E-state index in [1.165, 1.54) is 11.8 Å². The Morgan fingerprint density at radius 3 is 2.32 bits per heavy atom. The van der Waals surface area contributed by atoms with Crippen molar-refractivity contribution < 1.29 is 39.5 Å². The predicted octanol–water partition coefficient (Wildman–Crippen LogP) is 0.651. The van der Waals surface area contributed by atoms with E-state index in [-0.39, 0.29) is 68.9 Å². The summed E-state index contributed by atoms with van der Waals surface area (Å²) in [6, 6.07) is 6.48. The van der Waals surface area contributed by atoms with Gasteiger partial charge in [0.25, 0.3) is 0 Å². The summed E-state index contributed by atoms with van der Waals surface area (Å²) in [6.07, 6.45) is 3.52. The van der Waals surface area contributed by atoms with Crippen LogP contribution in [0.3, 0.4) is 0 Å². The molecule has 31 heavy (non-hydrogen) atoms. The van der Waals surface area contributed by atoms with Crippen LogP contribution in [0, 0.1) is 18.3 Å².